The second-order valence-electron chi connectivity index (χ2n) is 4.11. The van der Waals surface area contributed by atoms with Gasteiger partial charge in [-0.2, -0.15) is 0 Å². The minimum absolute atomic E-state index is 0. The van der Waals surface area contributed by atoms with Gasteiger partial charge in [0.2, 0.25) is 0 Å². The number of hydrogen-bond acceptors (Lipinski definition) is 2. The molecule has 0 saturated heterocycles. The molecule has 0 aromatic carbocycles. The first-order valence-corrected chi connectivity index (χ1v) is 5.95. The molecule has 0 spiro atoms. The molecule has 0 amide bonds. The van der Waals surface area contributed by atoms with Gasteiger partial charge in [0.05, 0.1) is 6.10 Å². The monoisotopic (exact) mass is 203 g/mol. The van der Waals surface area contributed by atoms with E-state index in [4.69, 9.17) is 5.11 Å². The quantitative estimate of drug-likeness (QED) is 0.555. The largest absolute Gasteiger partial charge is 0.393 e. The van der Waals surface area contributed by atoms with Gasteiger partial charge in [0.25, 0.3) is 0 Å². The molecule has 88 valence electrons. The Kier molecular flexibility index (Phi) is 15.1. The molecule has 0 fully saturated rings. The minimum Gasteiger partial charge on any atom is -0.393 e. The number of unbranched alkanes of at least 4 members (excludes halogenated alkanes) is 7. The summed E-state index contributed by atoms with van der Waals surface area (Å²) in [5, 5.41) is 9.03. The fraction of sp³-hybridized carbons (Fsp3) is 1.00. The van der Waals surface area contributed by atoms with Crippen LogP contribution in [0.25, 0.3) is 0 Å². The standard InChI is InChI=1S/C12H26O.H3N/c1-3-4-5-6-7-8-9-10-11-12(2)13;/h12-13H,3-11H2,1-2H3;1H3. The van der Waals surface area contributed by atoms with E-state index in [0.717, 1.165) is 6.42 Å². The van der Waals surface area contributed by atoms with Crippen LogP contribution in [0.5, 0.6) is 0 Å². The van der Waals surface area contributed by atoms with Crippen molar-refractivity contribution in [3.05, 3.63) is 0 Å². The van der Waals surface area contributed by atoms with E-state index >= 15 is 0 Å². The normalized spacial score (nSPS) is 12.2. The lowest BCUT2D eigenvalue weighted by Gasteiger charge is -2.03. The lowest BCUT2D eigenvalue weighted by Crippen LogP contribution is -1.98. The minimum atomic E-state index is -0.0971. The van der Waals surface area contributed by atoms with E-state index in [1.807, 2.05) is 6.92 Å². The second kappa shape index (κ2) is 12.9. The van der Waals surface area contributed by atoms with Gasteiger partial charge in [-0.05, 0) is 13.3 Å². The molecule has 4 N–H and O–H groups in total. The number of aliphatic hydroxyl groups is 1. The molecule has 0 saturated carbocycles. The molecule has 1 unspecified atom stereocenters. The van der Waals surface area contributed by atoms with Crippen molar-refractivity contribution in [2.45, 2.75) is 77.7 Å². The van der Waals surface area contributed by atoms with Crippen LogP contribution in [0.2, 0.25) is 0 Å². The molecule has 2 nitrogen and oxygen atoms in total. The first kappa shape index (κ1) is 16.4. The zero-order valence-corrected chi connectivity index (χ0v) is 10.1. The molecule has 0 aromatic rings. The summed E-state index contributed by atoms with van der Waals surface area (Å²) in [7, 11) is 0. The Balaban J connectivity index is 0. The SMILES string of the molecule is CCCCCCCCCCC(C)O.N. The van der Waals surface area contributed by atoms with Gasteiger partial charge in [-0.1, -0.05) is 58.3 Å². The maximum absolute atomic E-state index is 9.03. The van der Waals surface area contributed by atoms with E-state index in [0.29, 0.717) is 0 Å². The summed E-state index contributed by atoms with van der Waals surface area (Å²) in [5.74, 6) is 0. The van der Waals surface area contributed by atoms with Crippen molar-refractivity contribution in [2.75, 3.05) is 0 Å². The van der Waals surface area contributed by atoms with Crippen LogP contribution in [0.15, 0.2) is 0 Å². The Morgan fingerprint density at radius 3 is 1.71 bits per heavy atom. The first-order chi connectivity index (χ1) is 6.27. The van der Waals surface area contributed by atoms with E-state index < -0.39 is 0 Å². The maximum Gasteiger partial charge on any atom is 0.0512 e. The summed E-state index contributed by atoms with van der Waals surface area (Å²) in [6, 6.07) is 0. The van der Waals surface area contributed by atoms with Gasteiger partial charge in [-0.15, -0.1) is 0 Å². The molecule has 0 rings (SSSR count). The molecular formula is C12H29NO. The Bertz CT molecular complexity index is 94.3. The third-order valence-electron chi connectivity index (χ3n) is 2.48. The van der Waals surface area contributed by atoms with Crippen molar-refractivity contribution >= 4 is 0 Å². The highest BCUT2D eigenvalue weighted by Crippen LogP contribution is 2.10. The Labute approximate surface area is 89.7 Å². The Morgan fingerprint density at radius 2 is 1.29 bits per heavy atom. The average Bonchev–Trinajstić information content (AvgIpc) is 2.09. The van der Waals surface area contributed by atoms with E-state index in [-0.39, 0.29) is 12.3 Å². The van der Waals surface area contributed by atoms with Crippen LogP contribution in [0.4, 0.5) is 0 Å². The molecule has 0 aromatic heterocycles. The average molecular weight is 203 g/mol. The second-order valence-corrected chi connectivity index (χ2v) is 4.11. The van der Waals surface area contributed by atoms with Crippen molar-refractivity contribution in [2.24, 2.45) is 0 Å². The predicted octanol–water partition coefficient (Wildman–Crippen LogP) is 4.06. The smallest absolute Gasteiger partial charge is 0.0512 e. The molecule has 14 heavy (non-hydrogen) atoms. The highest BCUT2D eigenvalue weighted by atomic mass is 16.3. The molecule has 1 atom stereocenters. The third kappa shape index (κ3) is 14.4. The molecule has 0 heterocycles. The summed E-state index contributed by atoms with van der Waals surface area (Å²) >= 11 is 0. The molecule has 0 aliphatic carbocycles. The predicted molar refractivity (Wildman–Crippen MR) is 63.9 cm³/mol. The van der Waals surface area contributed by atoms with Gasteiger partial charge < -0.3 is 11.3 Å². The van der Waals surface area contributed by atoms with E-state index in [1.165, 1.54) is 51.4 Å². The van der Waals surface area contributed by atoms with Gasteiger partial charge in [0.15, 0.2) is 0 Å². The maximum atomic E-state index is 9.03. The number of aliphatic hydroxyl groups excluding tert-OH is 1. The Morgan fingerprint density at radius 1 is 0.857 bits per heavy atom. The fourth-order valence-corrected chi connectivity index (χ4v) is 1.57. The van der Waals surface area contributed by atoms with Gasteiger partial charge in [0.1, 0.15) is 0 Å². The summed E-state index contributed by atoms with van der Waals surface area (Å²) in [5.41, 5.74) is 0. The van der Waals surface area contributed by atoms with Crippen molar-refractivity contribution < 1.29 is 5.11 Å². The zero-order valence-electron chi connectivity index (χ0n) is 10.1. The molecule has 0 radical (unpaired) electrons. The van der Waals surface area contributed by atoms with Gasteiger partial charge in [-0.25, -0.2) is 0 Å². The number of rotatable bonds is 9. The number of hydrogen-bond donors (Lipinski definition) is 2. The lowest BCUT2D eigenvalue weighted by atomic mass is 10.1. The first-order valence-electron chi connectivity index (χ1n) is 5.95. The van der Waals surface area contributed by atoms with E-state index in [2.05, 4.69) is 6.92 Å². The van der Waals surface area contributed by atoms with Crippen molar-refractivity contribution in [1.82, 2.24) is 6.15 Å². The molecule has 2 heteroatoms. The van der Waals surface area contributed by atoms with Crippen LogP contribution in [-0.4, -0.2) is 11.2 Å². The van der Waals surface area contributed by atoms with Crippen LogP contribution in [-0.2, 0) is 0 Å². The van der Waals surface area contributed by atoms with Crippen LogP contribution in [0, 0.1) is 0 Å². The molecule has 0 bridgehead atoms. The van der Waals surface area contributed by atoms with Crippen molar-refractivity contribution in [1.29, 1.82) is 0 Å². The van der Waals surface area contributed by atoms with Crippen molar-refractivity contribution in [3.63, 3.8) is 0 Å². The van der Waals surface area contributed by atoms with Gasteiger partial charge >= 0.3 is 0 Å². The molecule has 0 aliphatic rings. The van der Waals surface area contributed by atoms with Crippen LogP contribution in [0.3, 0.4) is 0 Å². The van der Waals surface area contributed by atoms with Gasteiger partial charge in [0, 0.05) is 0 Å². The molecule has 0 aliphatic heterocycles. The fourth-order valence-electron chi connectivity index (χ4n) is 1.57. The summed E-state index contributed by atoms with van der Waals surface area (Å²) in [6.07, 6.45) is 11.7. The zero-order chi connectivity index (χ0) is 9.94. The summed E-state index contributed by atoms with van der Waals surface area (Å²) in [6.45, 7) is 4.13. The summed E-state index contributed by atoms with van der Waals surface area (Å²) < 4.78 is 0. The third-order valence-corrected chi connectivity index (χ3v) is 2.48. The Hall–Kier alpha value is -0.0800. The van der Waals surface area contributed by atoms with Gasteiger partial charge in [-0.3, -0.25) is 0 Å². The lowest BCUT2D eigenvalue weighted by molar-refractivity contribution is 0.180. The summed E-state index contributed by atoms with van der Waals surface area (Å²) in [4.78, 5) is 0. The topological polar surface area (TPSA) is 55.2 Å². The van der Waals surface area contributed by atoms with Crippen molar-refractivity contribution in [3.8, 4) is 0 Å². The van der Waals surface area contributed by atoms with Crippen LogP contribution >= 0.6 is 0 Å². The molecular weight excluding hydrogens is 174 g/mol. The highest BCUT2D eigenvalue weighted by molar-refractivity contribution is 4.49. The van der Waals surface area contributed by atoms with Crippen LogP contribution < -0.4 is 6.15 Å². The van der Waals surface area contributed by atoms with E-state index in [1.54, 1.807) is 0 Å². The highest BCUT2D eigenvalue weighted by Gasteiger charge is 1.95. The van der Waals surface area contributed by atoms with E-state index in [9.17, 15) is 0 Å². The van der Waals surface area contributed by atoms with Crippen LogP contribution in [0.1, 0.15) is 71.6 Å².